The van der Waals surface area contributed by atoms with Crippen molar-refractivity contribution in [1.82, 2.24) is 0 Å². The predicted molar refractivity (Wildman–Crippen MR) is 294 cm³/mol. The normalized spacial score (nSPS) is 13.0. The van der Waals surface area contributed by atoms with Crippen LogP contribution >= 0.6 is 11.3 Å². The second-order valence-electron chi connectivity index (χ2n) is 18.7. The topological polar surface area (TPSA) is 3.24 Å². The smallest absolute Gasteiger partial charge is 0.0726 e. The first-order valence-electron chi connectivity index (χ1n) is 23.9. The van der Waals surface area contributed by atoms with E-state index in [1.165, 1.54) is 119 Å². The van der Waals surface area contributed by atoms with Gasteiger partial charge >= 0.3 is 0 Å². The van der Waals surface area contributed by atoms with Crippen molar-refractivity contribution in [3.63, 3.8) is 0 Å². The Bertz CT molecular complexity index is 4190. The Morgan fingerprint density at radius 1 is 0.275 bits per heavy atom. The lowest BCUT2D eigenvalue weighted by Gasteiger charge is -2.32. The van der Waals surface area contributed by atoms with Gasteiger partial charge in [-0.05, 0) is 142 Å². The van der Waals surface area contributed by atoms with Gasteiger partial charge in [-0.3, -0.25) is 0 Å². The van der Waals surface area contributed by atoms with E-state index in [9.17, 15) is 0 Å². The van der Waals surface area contributed by atoms with Gasteiger partial charge in [-0.15, -0.1) is 11.3 Å². The molecule has 0 aliphatic heterocycles. The zero-order valence-electron chi connectivity index (χ0n) is 37.5. The SMILES string of the molecule is c1cc(-c2ccc(N(c3ccc4c5ccccc5c5ccccc5c4c3)c3cccc4c3-c3ccccc3C43c4ccccc4-c4ccccc43)cc2)cc(-c2ccc3c(c2)sc2ccccc23)c1. The summed E-state index contributed by atoms with van der Waals surface area (Å²) >= 11 is 1.87. The highest BCUT2D eigenvalue weighted by Crippen LogP contribution is 2.64. The van der Waals surface area contributed by atoms with E-state index in [4.69, 9.17) is 0 Å². The second-order valence-corrected chi connectivity index (χ2v) is 19.8. The maximum atomic E-state index is 2.52. The van der Waals surface area contributed by atoms with E-state index in [1.54, 1.807) is 0 Å². The lowest BCUT2D eigenvalue weighted by molar-refractivity contribution is 0.794. The highest BCUT2D eigenvalue weighted by Gasteiger charge is 2.52. The summed E-state index contributed by atoms with van der Waals surface area (Å²) in [6.07, 6.45) is 0. The molecule has 15 rings (SSSR count). The van der Waals surface area contributed by atoms with Crippen molar-refractivity contribution in [3.8, 4) is 44.5 Å². The van der Waals surface area contributed by atoms with Crippen molar-refractivity contribution >= 4 is 80.9 Å². The summed E-state index contributed by atoms with van der Waals surface area (Å²) in [4.78, 5) is 2.52. The van der Waals surface area contributed by atoms with Crippen molar-refractivity contribution < 1.29 is 0 Å². The number of nitrogens with zero attached hydrogens (tertiary/aromatic N) is 1. The number of benzene rings is 12. The Balaban J connectivity index is 0.931. The van der Waals surface area contributed by atoms with Gasteiger partial charge in [0, 0.05) is 37.1 Å². The molecule has 0 amide bonds. The molecule has 0 fully saturated rings. The second kappa shape index (κ2) is 14.7. The zero-order valence-corrected chi connectivity index (χ0v) is 38.3. The monoisotopic (exact) mass is 891 g/mol. The van der Waals surface area contributed by atoms with Crippen LogP contribution in [0.1, 0.15) is 22.3 Å². The van der Waals surface area contributed by atoms with E-state index in [1.807, 2.05) is 11.3 Å². The van der Waals surface area contributed by atoms with Crippen LogP contribution in [-0.2, 0) is 5.41 Å². The molecule has 69 heavy (non-hydrogen) atoms. The fourth-order valence-electron chi connectivity index (χ4n) is 12.4. The van der Waals surface area contributed by atoms with Gasteiger partial charge < -0.3 is 4.90 Å². The highest BCUT2D eigenvalue weighted by atomic mass is 32.1. The summed E-state index contributed by atoms with van der Waals surface area (Å²) in [6.45, 7) is 0. The number of anilines is 3. The lowest BCUT2D eigenvalue weighted by Crippen LogP contribution is -2.26. The molecule has 2 aliphatic carbocycles. The highest BCUT2D eigenvalue weighted by molar-refractivity contribution is 7.25. The van der Waals surface area contributed by atoms with Crippen LogP contribution in [0.4, 0.5) is 17.1 Å². The summed E-state index contributed by atoms with van der Waals surface area (Å²) in [6, 6.07) is 93.2. The summed E-state index contributed by atoms with van der Waals surface area (Å²) in [5, 5.41) is 10.2. The van der Waals surface area contributed by atoms with Crippen LogP contribution in [0.3, 0.4) is 0 Å². The van der Waals surface area contributed by atoms with Gasteiger partial charge in [-0.1, -0.05) is 200 Å². The average molecular weight is 892 g/mol. The van der Waals surface area contributed by atoms with E-state index in [0.717, 1.165) is 17.1 Å². The van der Waals surface area contributed by atoms with E-state index in [2.05, 4.69) is 254 Å². The first kappa shape index (κ1) is 38.5. The molecule has 0 saturated carbocycles. The molecule has 0 radical (unpaired) electrons. The summed E-state index contributed by atoms with van der Waals surface area (Å²) in [5.74, 6) is 0. The van der Waals surface area contributed by atoms with Crippen molar-refractivity contribution in [2.75, 3.05) is 4.90 Å². The quantitative estimate of drug-likeness (QED) is 0.156. The van der Waals surface area contributed by atoms with E-state index in [0.29, 0.717) is 0 Å². The number of thiophene rings is 1. The maximum Gasteiger partial charge on any atom is 0.0726 e. The van der Waals surface area contributed by atoms with E-state index < -0.39 is 5.41 Å². The fourth-order valence-corrected chi connectivity index (χ4v) is 13.5. The van der Waals surface area contributed by atoms with E-state index in [-0.39, 0.29) is 0 Å². The van der Waals surface area contributed by atoms with Gasteiger partial charge in [-0.2, -0.15) is 0 Å². The largest absolute Gasteiger partial charge is 0.310 e. The summed E-state index contributed by atoms with van der Waals surface area (Å²) in [5.41, 5.74) is 18.3. The molecule has 0 atom stereocenters. The molecule has 12 aromatic carbocycles. The van der Waals surface area contributed by atoms with Gasteiger partial charge in [0.15, 0.2) is 0 Å². The minimum absolute atomic E-state index is 0.449. The van der Waals surface area contributed by atoms with Gasteiger partial charge in [0.1, 0.15) is 0 Å². The molecule has 1 spiro atoms. The fraction of sp³-hybridized carbons (Fsp3) is 0.0149. The van der Waals surface area contributed by atoms with Gasteiger partial charge in [-0.25, -0.2) is 0 Å². The predicted octanol–water partition coefficient (Wildman–Crippen LogP) is 18.7. The molecule has 0 bridgehead atoms. The van der Waals surface area contributed by atoms with Crippen LogP contribution in [0.5, 0.6) is 0 Å². The van der Waals surface area contributed by atoms with Gasteiger partial charge in [0.05, 0.1) is 11.1 Å². The Morgan fingerprint density at radius 2 is 0.739 bits per heavy atom. The third-order valence-corrected chi connectivity index (χ3v) is 16.4. The number of hydrogen-bond acceptors (Lipinski definition) is 2. The molecular formula is C67H41NS. The maximum absolute atomic E-state index is 2.52. The molecule has 2 aliphatic rings. The minimum atomic E-state index is -0.449. The molecular weight excluding hydrogens is 851 g/mol. The molecule has 2 heteroatoms. The molecule has 1 nitrogen and oxygen atoms in total. The standard InChI is InChI=1S/C67H41NS/c1-2-19-50-48(17-1)49-18-3-4-20-51(49)58-41-47(36-38-52(50)58)68(46-34-31-42(32-35-46)43-15-13-16-44(39-43)45-33-37-56-55-23-8-12-30-64(55)69-65(56)40-45)63-29-14-28-62-66(63)57-24-7-11-27-61(57)67(62)59-25-9-5-21-53(59)54-22-6-10-26-60(54)67/h1-41H. The van der Waals surface area contributed by atoms with Crippen LogP contribution in [0.2, 0.25) is 0 Å². The summed E-state index contributed by atoms with van der Waals surface area (Å²) < 4.78 is 2.65. The minimum Gasteiger partial charge on any atom is -0.310 e. The third kappa shape index (κ3) is 5.46. The molecule has 0 N–H and O–H groups in total. The number of fused-ring (bicyclic) bond motifs is 19. The van der Waals surface area contributed by atoms with Crippen LogP contribution < -0.4 is 4.90 Å². The first-order valence-corrected chi connectivity index (χ1v) is 24.7. The Morgan fingerprint density at radius 3 is 1.43 bits per heavy atom. The van der Waals surface area contributed by atoms with Crippen LogP contribution in [-0.4, -0.2) is 0 Å². The van der Waals surface area contributed by atoms with Crippen LogP contribution in [0.25, 0.3) is 97.0 Å². The van der Waals surface area contributed by atoms with Gasteiger partial charge in [0.25, 0.3) is 0 Å². The number of rotatable bonds is 5. The number of hydrogen-bond donors (Lipinski definition) is 0. The molecule has 0 saturated heterocycles. The molecule has 1 heterocycles. The van der Waals surface area contributed by atoms with Crippen molar-refractivity contribution in [2.45, 2.75) is 5.41 Å². The van der Waals surface area contributed by atoms with E-state index >= 15 is 0 Å². The van der Waals surface area contributed by atoms with Crippen molar-refractivity contribution in [3.05, 3.63) is 271 Å². The van der Waals surface area contributed by atoms with Crippen molar-refractivity contribution in [1.29, 1.82) is 0 Å². The average Bonchev–Trinajstić information content (AvgIpc) is 4.05. The van der Waals surface area contributed by atoms with Crippen molar-refractivity contribution in [2.24, 2.45) is 0 Å². The molecule has 13 aromatic rings. The Kier molecular flexibility index (Phi) is 8.22. The molecule has 320 valence electrons. The Labute approximate surface area is 404 Å². The Hall–Kier alpha value is -8.56. The summed E-state index contributed by atoms with van der Waals surface area (Å²) in [7, 11) is 0. The molecule has 0 unspecified atom stereocenters. The van der Waals surface area contributed by atoms with Gasteiger partial charge in [0.2, 0.25) is 0 Å². The third-order valence-electron chi connectivity index (χ3n) is 15.3. The zero-order chi connectivity index (χ0) is 45.2. The first-order chi connectivity index (χ1) is 34.2. The van der Waals surface area contributed by atoms with Crippen LogP contribution in [0, 0.1) is 0 Å². The lowest BCUT2D eigenvalue weighted by atomic mass is 9.70. The van der Waals surface area contributed by atoms with Crippen LogP contribution in [0.15, 0.2) is 249 Å². The molecule has 1 aromatic heterocycles.